The molecule has 0 fully saturated rings. The van der Waals surface area contributed by atoms with Crippen molar-refractivity contribution in [2.24, 2.45) is 5.73 Å². The van der Waals surface area contributed by atoms with Crippen molar-refractivity contribution in [2.45, 2.75) is 20.3 Å². The highest BCUT2D eigenvalue weighted by Crippen LogP contribution is 2.16. The first-order valence-corrected chi connectivity index (χ1v) is 4.53. The first-order chi connectivity index (χ1) is 6.25. The maximum Gasteiger partial charge on any atom is 0.0345 e. The van der Waals surface area contributed by atoms with Crippen LogP contribution in [0.4, 0.5) is 0 Å². The number of aryl methyl sites for hydroxylation is 1. The lowest BCUT2D eigenvalue weighted by atomic mass is 10.0. The van der Waals surface area contributed by atoms with E-state index < -0.39 is 0 Å². The highest BCUT2D eigenvalue weighted by atomic mass is 14.6. The minimum atomic E-state index is 0.705. The summed E-state index contributed by atoms with van der Waals surface area (Å²) >= 11 is 0. The second-order valence-corrected chi connectivity index (χ2v) is 3.16. The zero-order valence-corrected chi connectivity index (χ0v) is 8.25. The van der Waals surface area contributed by atoms with Crippen molar-refractivity contribution < 1.29 is 0 Å². The van der Waals surface area contributed by atoms with Gasteiger partial charge < -0.3 is 5.73 Å². The van der Waals surface area contributed by atoms with E-state index in [4.69, 9.17) is 5.73 Å². The van der Waals surface area contributed by atoms with Crippen LogP contribution in [0, 0.1) is 6.92 Å². The van der Waals surface area contributed by atoms with Crippen LogP contribution in [0.2, 0.25) is 0 Å². The molecule has 1 aromatic rings. The highest BCUT2D eigenvalue weighted by molar-refractivity contribution is 5.65. The molecule has 0 saturated heterocycles. The number of nitrogens with two attached hydrogens (primary N) is 1. The summed E-state index contributed by atoms with van der Waals surface area (Å²) in [6.45, 7) is 4.90. The topological polar surface area (TPSA) is 38.9 Å². The van der Waals surface area contributed by atoms with Crippen molar-refractivity contribution in [1.82, 2.24) is 4.98 Å². The van der Waals surface area contributed by atoms with Gasteiger partial charge in [-0.15, -0.1) is 0 Å². The molecule has 1 aromatic heterocycles. The average molecular weight is 176 g/mol. The minimum absolute atomic E-state index is 0.705. The average Bonchev–Trinajstić information content (AvgIpc) is 2.15. The van der Waals surface area contributed by atoms with Gasteiger partial charge >= 0.3 is 0 Å². The fourth-order valence-corrected chi connectivity index (χ4v) is 1.29. The molecule has 0 aliphatic heterocycles. The van der Waals surface area contributed by atoms with Crippen molar-refractivity contribution in [3.63, 3.8) is 0 Å². The van der Waals surface area contributed by atoms with Crippen molar-refractivity contribution in [2.75, 3.05) is 6.54 Å². The smallest absolute Gasteiger partial charge is 0.0345 e. The molecule has 0 aromatic carbocycles. The number of hydrogen-bond acceptors (Lipinski definition) is 2. The molecule has 2 N–H and O–H groups in total. The molecule has 0 unspecified atom stereocenters. The van der Waals surface area contributed by atoms with E-state index in [1.54, 1.807) is 0 Å². The van der Waals surface area contributed by atoms with E-state index in [1.165, 1.54) is 16.7 Å². The van der Waals surface area contributed by atoms with Crippen LogP contribution in [-0.4, -0.2) is 11.5 Å². The number of nitrogens with zero attached hydrogens (tertiary/aromatic N) is 1. The Hall–Kier alpha value is -1.15. The predicted molar refractivity (Wildman–Crippen MR) is 56.3 cm³/mol. The monoisotopic (exact) mass is 176 g/mol. The molecule has 1 heterocycles. The lowest BCUT2D eigenvalue weighted by Gasteiger charge is -2.04. The van der Waals surface area contributed by atoms with Crippen molar-refractivity contribution in [3.8, 4) is 0 Å². The molecule has 0 saturated carbocycles. The van der Waals surface area contributed by atoms with Gasteiger partial charge in [0.2, 0.25) is 0 Å². The SMILES string of the molecule is CC(=CCCN)c1cnccc1C. The lowest BCUT2D eigenvalue weighted by molar-refractivity contribution is 1.01. The lowest BCUT2D eigenvalue weighted by Crippen LogP contribution is -1.96. The normalized spacial score (nSPS) is 11.8. The predicted octanol–water partition coefficient (Wildman–Crippen LogP) is 2.14. The van der Waals surface area contributed by atoms with Gasteiger partial charge in [0, 0.05) is 12.4 Å². The fourth-order valence-electron chi connectivity index (χ4n) is 1.29. The van der Waals surface area contributed by atoms with E-state index in [9.17, 15) is 0 Å². The molecule has 0 atom stereocenters. The molecule has 0 radical (unpaired) electrons. The summed E-state index contributed by atoms with van der Waals surface area (Å²) in [5.74, 6) is 0. The van der Waals surface area contributed by atoms with E-state index in [1.807, 2.05) is 18.5 Å². The van der Waals surface area contributed by atoms with Crippen LogP contribution in [0.3, 0.4) is 0 Å². The van der Waals surface area contributed by atoms with Crippen LogP contribution < -0.4 is 5.73 Å². The summed E-state index contributed by atoms with van der Waals surface area (Å²) in [5, 5.41) is 0. The molecule has 1 rings (SSSR count). The molecule has 70 valence electrons. The van der Waals surface area contributed by atoms with E-state index in [0.717, 1.165) is 6.42 Å². The summed E-state index contributed by atoms with van der Waals surface area (Å²) in [7, 11) is 0. The number of pyridine rings is 1. The fraction of sp³-hybridized carbons (Fsp3) is 0.364. The Kier molecular flexibility index (Phi) is 3.65. The van der Waals surface area contributed by atoms with Crippen molar-refractivity contribution in [3.05, 3.63) is 35.7 Å². The number of allylic oxidation sites excluding steroid dienone is 1. The first kappa shape index (κ1) is 9.93. The van der Waals surface area contributed by atoms with Crippen LogP contribution in [0.15, 0.2) is 24.5 Å². The zero-order valence-electron chi connectivity index (χ0n) is 8.25. The van der Waals surface area contributed by atoms with E-state index in [0.29, 0.717) is 6.54 Å². The standard InChI is InChI=1S/C11H16N2/c1-9(4-3-6-12)11-8-13-7-5-10(11)2/h4-5,7-8H,3,6,12H2,1-2H3. The van der Waals surface area contributed by atoms with Gasteiger partial charge in [-0.1, -0.05) is 6.08 Å². The Morgan fingerprint density at radius 3 is 3.00 bits per heavy atom. The molecule has 0 bridgehead atoms. The van der Waals surface area contributed by atoms with Gasteiger partial charge in [-0.25, -0.2) is 0 Å². The van der Waals surface area contributed by atoms with Gasteiger partial charge in [0.1, 0.15) is 0 Å². The third kappa shape index (κ3) is 2.67. The Morgan fingerprint density at radius 1 is 1.62 bits per heavy atom. The van der Waals surface area contributed by atoms with Crippen LogP contribution >= 0.6 is 0 Å². The molecule has 0 aliphatic carbocycles. The summed E-state index contributed by atoms with van der Waals surface area (Å²) in [6, 6.07) is 2.02. The number of rotatable bonds is 3. The Labute approximate surface area is 79.5 Å². The maximum absolute atomic E-state index is 5.43. The van der Waals surface area contributed by atoms with Crippen LogP contribution in [0.5, 0.6) is 0 Å². The second-order valence-electron chi connectivity index (χ2n) is 3.16. The van der Waals surface area contributed by atoms with Gasteiger partial charge in [0.25, 0.3) is 0 Å². The summed E-state index contributed by atoms with van der Waals surface area (Å²) in [6.07, 6.45) is 6.80. The van der Waals surface area contributed by atoms with Gasteiger partial charge in [0.05, 0.1) is 0 Å². The molecule has 0 aliphatic rings. The minimum Gasteiger partial charge on any atom is -0.330 e. The Morgan fingerprint density at radius 2 is 2.38 bits per heavy atom. The van der Waals surface area contributed by atoms with Gasteiger partial charge in [-0.2, -0.15) is 0 Å². The Balaban J connectivity index is 2.88. The molecule has 2 nitrogen and oxygen atoms in total. The van der Waals surface area contributed by atoms with Gasteiger partial charge in [-0.05, 0) is 49.6 Å². The summed E-state index contributed by atoms with van der Waals surface area (Å²) < 4.78 is 0. The van der Waals surface area contributed by atoms with E-state index in [2.05, 4.69) is 24.9 Å². The zero-order chi connectivity index (χ0) is 9.68. The highest BCUT2D eigenvalue weighted by Gasteiger charge is 1.98. The molecule has 0 spiro atoms. The maximum atomic E-state index is 5.43. The van der Waals surface area contributed by atoms with Crippen LogP contribution in [0.1, 0.15) is 24.5 Å². The quantitative estimate of drug-likeness (QED) is 0.766. The van der Waals surface area contributed by atoms with Crippen LogP contribution in [0.25, 0.3) is 5.57 Å². The molecule has 0 amide bonds. The molecule has 2 heteroatoms. The molecular weight excluding hydrogens is 160 g/mol. The van der Waals surface area contributed by atoms with E-state index in [-0.39, 0.29) is 0 Å². The van der Waals surface area contributed by atoms with Crippen molar-refractivity contribution >= 4 is 5.57 Å². The third-order valence-electron chi connectivity index (χ3n) is 2.08. The number of hydrogen-bond donors (Lipinski definition) is 1. The van der Waals surface area contributed by atoms with Gasteiger partial charge in [-0.3, -0.25) is 4.98 Å². The Bertz CT molecular complexity index is 303. The summed E-state index contributed by atoms with van der Waals surface area (Å²) in [4.78, 5) is 4.10. The van der Waals surface area contributed by atoms with Gasteiger partial charge in [0.15, 0.2) is 0 Å². The third-order valence-corrected chi connectivity index (χ3v) is 2.08. The summed E-state index contributed by atoms with van der Waals surface area (Å²) in [5.41, 5.74) is 9.18. The largest absolute Gasteiger partial charge is 0.330 e. The number of aromatic nitrogens is 1. The molecular formula is C11H16N2. The van der Waals surface area contributed by atoms with Crippen molar-refractivity contribution in [1.29, 1.82) is 0 Å². The molecule has 13 heavy (non-hydrogen) atoms. The first-order valence-electron chi connectivity index (χ1n) is 4.53. The van der Waals surface area contributed by atoms with Crippen LogP contribution in [-0.2, 0) is 0 Å². The second kappa shape index (κ2) is 4.77. The van der Waals surface area contributed by atoms with E-state index >= 15 is 0 Å².